The Morgan fingerprint density at radius 2 is 0.638 bits per heavy atom. The summed E-state index contributed by atoms with van der Waals surface area (Å²) in [6.45, 7) is -1.20. The average Bonchev–Trinajstić information content (AvgIpc) is 3.72. The topological polar surface area (TPSA) is 206 Å². The molecule has 69 heavy (non-hydrogen) atoms. The number of aliphatic hydroxyl groups excluding tert-OH is 1. The quantitative estimate of drug-likeness (QED) is 0.0820. The van der Waals surface area contributed by atoms with E-state index in [0.717, 1.165) is 0 Å². The largest absolute Gasteiger partial charge is 0.459 e. The molecule has 2 aliphatic heterocycles. The molecule has 0 radical (unpaired) electrons. The van der Waals surface area contributed by atoms with Crippen molar-refractivity contribution in [2.75, 3.05) is 13.2 Å². The van der Waals surface area contributed by atoms with Crippen molar-refractivity contribution < 1.29 is 76.5 Å². The van der Waals surface area contributed by atoms with Crippen molar-refractivity contribution >= 4 is 35.8 Å². The van der Waals surface area contributed by atoms with Crippen molar-refractivity contribution in [3.05, 3.63) is 215 Å². The van der Waals surface area contributed by atoms with Gasteiger partial charge >= 0.3 is 35.8 Å². The van der Waals surface area contributed by atoms with Crippen LogP contribution >= 0.6 is 0 Å². The van der Waals surface area contributed by atoms with Gasteiger partial charge < -0.3 is 47.7 Å². The van der Waals surface area contributed by atoms with Crippen LogP contribution in [0.3, 0.4) is 0 Å². The van der Waals surface area contributed by atoms with Crippen molar-refractivity contribution in [3.63, 3.8) is 0 Å². The molecule has 8 rings (SSSR count). The van der Waals surface area contributed by atoms with Crippen LogP contribution in [0.2, 0.25) is 0 Å². The second-order valence-corrected chi connectivity index (χ2v) is 15.6. The molecule has 0 aliphatic carbocycles. The molecule has 2 heterocycles. The van der Waals surface area contributed by atoms with Gasteiger partial charge in [0.1, 0.15) is 18.8 Å². The van der Waals surface area contributed by atoms with Gasteiger partial charge in [-0.15, -0.1) is 0 Å². The second kappa shape index (κ2) is 22.6. The molecule has 0 bridgehead atoms. The summed E-state index contributed by atoms with van der Waals surface area (Å²) in [6, 6.07) is 47.4. The lowest BCUT2D eigenvalue weighted by atomic mass is 9.97. The van der Waals surface area contributed by atoms with Crippen LogP contribution in [0, 0.1) is 0 Å². The van der Waals surface area contributed by atoms with Gasteiger partial charge in [-0.1, -0.05) is 109 Å². The molecule has 0 aromatic heterocycles. The van der Waals surface area contributed by atoms with Crippen molar-refractivity contribution in [1.82, 2.24) is 0 Å². The first kappa shape index (κ1) is 47.5. The zero-order valence-electron chi connectivity index (χ0n) is 36.5. The van der Waals surface area contributed by atoms with Gasteiger partial charge in [-0.2, -0.15) is 0 Å². The third kappa shape index (κ3) is 11.9. The number of carbonyl (C=O) groups is 6. The van der Waals surface area contributed by atoms with Crippen molar-refractivity contribution in [3.8, 4) is 0 Å². The second-order valence-electron chi connectivity index (χ2n) is 15.6. The van der Waals surface area contributed by atoms with Crippen molar-refractivity contribution in [2.45, 2.75) is 55.3 Å². The molecular formula is C53H44O16. The molecule has 9 atom stereocenters. The molecule has 6 aromatic rings. The van der Waals surface area contributed by atoms with E-state index in [4.69, 9.17) is 42.6 Å². The number of carbonyl (C=O) groups excluding carboxylic acids is 6. The number of aliphatic hydroxyl groups is 1. The summed E-state index contributed by atoms with van der Waals surface area (Å²) in [4.78, 5) is 81.9. The Labute approximate surface area is 395 Å². The molecule has 2 saturated heterocycles. The minimum Gasteiger partial charge on any atom is -0.459 e. The summed E-state index contributed by atoms with van der Waals surface area (Å²) in [5, 5.41) is 11.7. The predicted molar refractivity (Wildman–Crippen MR) is 240 cm³/mol. The van der Waals surface area contributed by atoms with Crippen LogP contribution < -0.4 is 0 Å². The molecule has 0 unspecified atom stereocenters. The van der Waals surface area contributed by atoms with Crippen LogP contribution in [0.1, 0.15) is 62.1 Å². The van der Waals surface area contributed by atoms with Gasteiger partial charge in [0.2, 0.25) is 0 Å². The standard InChI is InChI=1S/C53H44O16/c54-46(33-19-7-1-8-20-33)61-31-40-42(66-48(56)35-23-11-3-12-24-35)45(69-51(59)38-29-17-6-18-30-38)53(64-40)62-32-39-41(65-47(55)34-21-9-2-10-22-34)43(67-49(57)36-25-13-4-14-26-36)44(52(60)63-39)68-50(58)37-27-15-5-16-28-37/h1-30,39-45,52-53,60H,31-32H2/t39-,40-,41-,42-,43+,44-,45+,52+,53+/m1/s1. The molecule has 16 heteroatoms. The summed E-state index contributed by atoms with van der Waals surface area (Å²) >= 11 is 0. The van der Waals surface area contributed by atoms with E-state index < -0.39 is 104 Å². The normalized spacial score (nSPS) is 22.8. The highest BCUT2D eigenvalue weighted by Gasteiger charge is 2.55. The molecule has 2 aliphatic rings. The van der Waals surface area contributed by atoms with Gasteiger partial charge in [-0.25, -0.2) is 28.8 Å². The molecule has 6 aromatic carbocycles. The molecule has 0 saturated carbocycles. The maximum atomic E-state index is 13.9. The maximum Gasteiger partial charge on any atom is 0.338 e. The summed E-state index contributed by atoms with van der Waals surface area (Å²) in [5.41, 5.74) is 0.715. The molecule has 352 valence electrons. The van der Waals surface area contributed by atoms with Crippen LogP contribution in [0.25, 0.3) is 0 Å². The lowest BCUT2D eigenvalue weighted by Gasteiger charge is -2.43. The predicted octanol–water partition coefficient (Wildman–Crippen LogP) is 6.43. The molecule has 16 nitrogen and oxygen atoms in total. The minimum absolute atomic E-state index is 0.0741. The summed E-state index contributed by atoms with van der Waals surface area (Å²) < 4.78 is 54.1. The van der Waals surface area contributed by atoms with E-state index in [2.05, 4.69) is 0 Å². The highest BCUT2D eigenvalue weighted by atomic mass is 16.8. The smallest absolute Gasteiger partial charge is 0.338 e. The molecule has 2 fully saturated rings. The average molecular weight is 937 g/mol. The van der Waals surface area contributed by atoms with Gasteiger partial charge in [0, 0.05) is 0 Å². The Balaban J connectivity index is 1.13. The van der Waals surface area contributed by atoms with E-state index in [1.165, 1.54) is 72.8 Å². The SMILES string of the molecule is O=C(OC[C@H]1O[C@H](OC[C@H]2O[C@H](O)[C@H](OC(=O)c3ccccc3)[C@@H](OC(=O)c3ccccc3)[C@@H]2OC(=O)c2ccccc2)[C@@H](OC(=O)c2ccccc2)[C@@H]1OC(=O)c1ccccc1)c1ccccc1. The number of esters is 6. The van der Waals surface area contributed by atoms with E-state index in [1.54, 1.807) is 109 Å². The minimum atomic E-state index is -2.03. The fourth-order valence-electron chi connectivity index (χ4n) is 7.49. The van der Waals surface area contributed by atoms with Crippen LogP contribution in [-0.4, -0.2) is 109 Å². The van der Waals surface area contributed by atoms with Crippen molar-refractivity contribution in [2.24, 2.45) is 0 Å². The third-order valence-corrected chi connectivity index (χ3v) is 11.0. The summed E-state index contributed by atoms with van der Waals surface area (Å²) in [6.07, 6.45) is -14.8. The Bertz CT molecular complexity index is 2670. The Hall–Kier alpha value is -8.02. The zero-order valence-corrected chi connectivity index (χ0v) is 36.5. The number of hydrogen-bond donors (Lipinski definition) is 1. The number of benzene rings is 6. The fourth-order valence-corrected chi connectivity index (χ4v) is 7.49. The third-order valence-electron chi connectivity index (χ3n) is 11.0. The molecular weight excluding hydrogens is 893 g/mol. The van der Waals surface area contributed by atoms with Crippen LogP contribution in [0.5, 0.6) is 0 Å². The van der Waals surface area contributed by atoms with E-state index in [1.807, 2.05) is 0 Å². The van der Waals surface area contributed by atoms with Crippen LogP contribution in [0.4, 0.5) is 0 Å². The number of ether oxygens (including phenoxy) is 9. The first-order valence-corrected chi connectivity index (χ1v) is 21.8. The van der Waals surface area contributed by atoms with E-state index in [9.17, 15) is 33.9 Å². The summed E-state index contributed by atoms with van der Waals surface area (Å²) in [5.74, 6) is -5.21. The van der Waals surface area contributed by atoms with Gasteiger partial charge in [0.15, 0.2) is 43.1 Å². The van der Waals surface area contributed by atoms with E-state index in [-0.39, 0.29) is 33.4 Å². The van der Waals surface area contributed by atoms with Crippen LogP contribution in [-0.2, 0) is 42.6 Å². The monoisotopic (exact) mass is 936 g/mol. The van der Waals surface area contributed by atoms with E-state index in [0.29, 0.717) is 0 Å². The van der Waals surface area contributed by atoms with Gasteiger partial charge in [0.05, 0.1) is 40.0 Å². The van der Waals surface area contributed by atoms with Crippen LogP contribution in [0.15, 0.2) is 182 Å². The lowest BCUT2D eigenvalue weighted by molar-refractivity contribution is -0.295. The Morgan fingerprint density at radius 1 is 0.348 bits per heavy atom. The van der Waals surface area contributed by atoms with Gasteiger partial charge in [0.25, 0.3) is 0 Å². The molecule has 0 amide bonds. The van der Waals surface area contributed by atoms with Gasteiger partial charge in [-0.05, 0) is 72.8 Å². The number of hydrogen-bond acceptors (Lipinski definition) is 16. The highest BCUT2D eigenvalue weighted by molar-refractivity contribution is 5.92. The van der Waals surface area contributed by atoms with Gasteiger partial charge in [-0.3, -0.25) is 0 Å². The van der Waals surface area contributed by atoms with Crippen molar-refractivity contribution in [1.29, 1.82) is 0 Å². The maximum absolute atomic E-state index is 13.9. The highest BCUT2D eigenvalue weighted by Crippen LogP contribution is 2.34. The Morgan fingerprint density at radius 3 is 1.01 bits per heavy atom. The molecule has 1 N–H and O–H groups in total. The number of rotatable bonds is 16. The first-order valence-electron chi connectivity index (χ1n) is 21.8. The first-order chi connectivity index (χ1) is 33.6. The van der Waals surface area contributed by atoms with E-state index >= 15 is 0 Å². The fraction of sp³-hybridized carbons (Fsp3) is 0.208. The zero-order chi connectivity index (χ0) is 48.1. The Kier molecular flexibility index (Phi) is 15.6. The lowest BCUT2D eigenvalue weighted by Crippen LogP contribution is -2.62. The molecule has 0 spiro atoms. The summed E-state index contributed by atoms with van der Waals surface area (Å²) in [7, 11) is 0.